The van der Waals surface area contributed by atoms with Gasteiger partial charge in [0.05, 0.1) is 19.8 Å². The largest absolute Gasteiger partial charge is 0.497 e. The number of rotatable bonds is 4. The Morgan fingerprint density at radius 3 is 2.50 bits per heavy atom. The monoisotopic (exact) mass is 408 g/mol. The van der Waals surface area contributed by atoms with Crippen LogP contribution < -0.4 is 20.1 Å². The summed E-state index contributed by atoms with van der Waals surface area (Å²) >= 11 is 8.62. The van der Waals surface area contributed by atoms with E-state index in [0.717, 1.165) is 15.7 Å². The highest BCUT2D eigenvalue weighted by atomic mass is 79.9. The molecule has 0 atom stereocenters. The number of carbonyl (C=O) groups is 1. The number of hydrogen-bond donors (Lipinski definition) is 2. The van der Waals surface area contributed by atoms with Crippen molar-refractivity contribution in [3.05, 3.63) is 52.0 Å². The summed E-state index contributed by atoms with van der Waals surface area (Å²) in [6.45, 7) is 1.95. The second-order valence-electron chi connectivity index (χ2n) is 4.93. The van der Waals surface area contributed by atoms with Crippen LogP contribution in [-0.4, -0.2) is 25.2 Å². The van der Waals surface area contributed by atoms with E-state index in [1.165, 1.54) is 7.11 Å². The number of ether oxygens (including phenoxy) is 2. The molecule has 0 saturated heterocycles. The highest BCUT2D eigenvalue weighted by Crippen LogP contribution is 2.24. The van der Waals surface area contributed by atoms with E-state index in [1.54, 1.807) is 25.3 Å². The van der Waals surface area contributed by atoms with Crippen LogP contribution in [0.25, 0.3) is 0 Å². The number of benzene rings is 2. The molecule has 0 aliphatic carbocycles. The first-order valence-electron chi connectivity index (χ1n) is 7.05. The minimum atomic E-state index is -0.359. The summed E-state index contributed by atoms with van der Waals surface area (Å²) in [7, 11) is 3.04. The van der Waals surface area contributed by atoms with Gasteiger partial charge in [-0.2, -0.15) is 0 Å². The Balaban J connectivity index is 2.10. The molecular weight excluding hydrogens is 392 g/mol. The molecule has 0 bridgehead atoms. The van der Waals surface area contributed by atoms with E-state index < -0.39 is 0 Å². The standard InChI is InChI=1S/C17H17BrN2O3S/c1-10-8-11(18)4-7-14(10)19-17(24)20-16(21)13-6-5-12(22-2)9-15(13)23-3/h4-9H,1-3H3,(H2,19,20,21,24). The van der Waals surface area contributed by atoms with Gasteiger partial charge in [0.1, 0.15) is 11.5 Å². The molecule has 2 rings (SSSR count). The van der Waals surface area contributed by atoms with Gasteiger partial charge < -0.3 is 14.8 Å². The number of halogens is 1. The van der Waals surface area contributed by atoms with Crippen molar-refractivity contribution in [2.45, 2.75) is 6.92 Å². The average Bonchev–Trinajstić information content (AvgIpc) is 2.56. The van der Waals surface area contributed by atoms with Crippen LogP contribution in [0.1, 0.15) is 15.9 Å². The van der Waals surface area contributed by atoms with Crippen LogP contribution in [0.5, 0.6) is 11.5 Å². The zero-order valence-electron chi connectivity index (χ0n) is 13.5. The third kappa shape index (κ3) is 4.46. The number of amides is 1. The molecule has 2 aromatic rings. The third-order valence-electron chi connectivity index (χ3n) is 3.32. The summed E-state index contributed by atoms with van der Waals surface area (Å²) in [6, 6.07) is 10.7. The lowest BCUT2D eigenvalue weighted by atomic mass is 10.1. The van der Waals surface area contributed by atoms with Crippen LogP contribution in [0.2, 0.25) is 0 Å². The topological polar surface area (TPSA) is 59.6 Å². The van der Waals surface area contributed by atoms with Crippen LogP contribution in [0.3, 0.4) is 0 Å². The fourth-order valence-electron chi connectivity index (χ4n) is 2.08. The highest BCUT2D eigenvalue weighted by molar-refractivity contribution is 9.10. The van der Waals surface area contributed by atoms with E-state index in [9.17, 15) is 4.79 Å². The van der Waals surface area contributed by atoms with Crippen molar-refractivity contribution in [2.75, 3.05) is 19.5 Å². The molecule has 5 nitrogen and oxygen atoms in total. The zero-order chi connectivity index (χ0) is 17.7. The summed E-state index contributed by atoms with van der Waals surface area (Å²) in [5, 5.41) is 5.87. The van der Waals surface area contributed by atoms with E-state index in [0.29, 0.717) is 17.1 Å². The maximum Gasteiger partial charge on any atom is 0.261 e. The van der Waals surface area contributed by atoms with Crippen LogP contribution in [0, 0.1) is 6.92 Å². The fraction of sp³-hybridized carbons (Fsp3) is 0.176. The summed E-state index contributed by atoms with van der Waals surface area (Å²) < 4.78 is 11.3. The Morgan fingerprint density at radius 1 is 1.12 bits per heavy atom. The molecule has 0 aliphatic heterocycles. The number of nitrogens with one attached hydrogen (secondary N) is 2. The zero-order valence-corrected chi connectivity index (χ0v) is 15.9. The quantitative estimate of drug-likeness (QED) is 0.751. The van der Waals surface area contributed by atoms with Gasteiger partial charge in [-0.1, -0.05) is 15.9 Å². The van der Waals surface area contributed by atoms with Crippen LogP contribution in [0.15, 0.2) is 40.9 Å². The molecule has 2 N–H and O–H groups in total. The molecule has 24 heavy (non-hydrogen) atoms. The molecule has 0 radical (unpaired) electrons. The van der Waals surface area contributed by atoms with Crippen molar-refractivity contribution in [1.29, 1.82) is 0 Å². The molecule has 7 heteroatoms. The van der Waals surface area contributed by atoms with Gasteiger partial charge in [-0.05, 0) is 55.0 Å². The van der Waals surface area contributed by atoms with Gasteiger partial charge in [0.2, 0.25) is 0 Å². The van der Waals surface area contributed by atoms with E-state index in [-0.39, 0.29) is 11.0 Å². The predicted molar refractivity (Wildman–Crippen MR) is 102 cm³/mol. The summed E-state index contributed by atoms with van der Waals surface area (Å²) in [5.41, 5.74) is 2.20. The molecular formula is C17H17BrN2O3S. The normalized spacial score (nSPS) is 10.0. The van der Waals surface area contributed by atoms with Gasteiger partial charge in [0.15, 0.2) is 5.11 Å². The lowest BCUT2D eigenvalue weighted by molar-refractivity contribution is 0.0974. The smallest absolute Gasteiger partial charge is 0.261 e. The van der Waals surface area contributed by atoms with Crippen molar-refractivity contribution in [3.63, 3.8) is 0 Å². The Kier molecular flexibility index (Phi) is 6.16. The first-order chi connectivity index (χ1) is 11.4. The Labute approximate surface area is 154 Å². The molecule has 0 aromatic heterocycles. The maximum atomic E-state index is 12.4. The first-order valence-corrected chi connectivity index (χ1v) is 8.25. The van der Waals surface area contributed by atoms with Crippen molar-refractivity contribution >= 4 is 44.9 Å². The highest BCUT2D eigenvalue weighted by Gasteiger charge is 2.15. The van der Waals surface area contributed by atoms with Crippen molar-refractivity contribution in [2.24, 2.45) is 0 Å². The lowest BCUT2D eigenvalue weighted by Gasteiger charge is -2.13. The van der Waals surface area contributed by atoms with Crippen LogP contribution >= 0.6 is 28.1 Å². The van der Waals surface area contributed by atoms with E-state index in [2.05, 4.69) is 26.6 Å². The summed E-state index contributed by atoms with van der Waals surface area (Å²) in [6.07, 6.45) is 0. The van der Waals surface area contributed by atoms with Crippen molar-refractivity contribution < 1.29 is 14.3 Å². The molecule has 0 saturated carbocycles. The van der Waals surface area contributed by atoms with E-state index in [1.807, 2.05) is 25.1 Å². The molecule has 1 amide bonds. The second kappa shape index (κ2) is 8.12. The Hall–Kier alpha value is -2.12. The molecule has 126 valence electrons. The summed E-state index contributed by atoms with van der Waals surface area (Å²) in [4.78, 5) is 12.4. The predicted octanol–water partition coefficient (Wildman–Crippen LogP) is 3.90. The van der Waals surface area contributed by atoms with E-state index in [4.69, 9.17) is 21.7 Å². The Morgan fingerprint density at radius 2 is 1.88 bits per heavy atom. The van der Waals surface area contributed by atoms with Gasteiger partial charge in [-0.15, -0.1) is 0 Å². The van der Waals surface area contributed by atoms with Crippen molar-refractivity contribution in [1.82, 2.24) is 5.32 Å². The number of anilines is 1. The number of hydrogen-bond acceptors (Lipinski definition) is 4. The van der Waals surface area contributed by atoms with Crippen LogP contribution in [0.4, 0.5) is 5.69 Å². The number of methoxy groups -OCH3 is 2. The Bertz CT molecular complexity index is 780. The lowest BCUT2D eigenvalue weighted by Crippen LogP contribution is -2.34. The number of aryl methyl sites for hydroxylation is 1. The van der Waals surface area contributed by atoms with Crippen molar-refractivity contribution in [3.8, 4) is 11.5 Å². The molecule has 0 fully saturated rings. The van der Waals surface area contributed by atoms with Gasteiger partial charge >= 0.3 is 0 Å². The molecule has 0 heterocycles. The summed E-state index contributed by atoms with van der Waals surface area (Å²) in [5.74, 6) is 0.658. The van der Waals surface area contributed by atoms with Gasteiger partial charge in [0, 0.05) is 16.2 Å². The molecule has 2 aromatic carbocycles. The van der Waals surface area contributed by atoms with Crippen LogP contribution in [-0.2, 0) is 0 Å². The fourth-order valence-corrected chi connectivity index (χ4v) is 2.76. The minimum Gasteiger partial charge on any atom is -0.497 e. The third-order valence-corrected chi connectivity index (χ3v) is 4.01. The molecule has 0 aliphatic rings. The maximum absolute atomic E-state index is 12.4. The second-order valence-corrected chi connectivity index (χ2v) is 6.26. The van der Waals surface area contributed by atoms with E-state index >= 15 is 0 Å². The average molecular weight is 409 g/mol. The SMILES string of the molecule is COc1ccc(C(=O)NC(=S)Nc2ccc(Br)cc2C)c(OC)c1. The van der Waals surface area contributed by atoms with Gasteiger partial charge in [-0.3, -0.25) is 10.1 Å². The minimum absolute atomic E-state index is 0.211. The van der Waals surface area contributed by atoms with Gasteiger partial charge in [0.25, 0.3) is 5.91 Å². The first kappa shape index (κ1) is 18.2. The molecule has 0 spiro atoms. The van der Waals surface area contributed by atoms with Gasteiger partial charge in [-0.25, -0.2) is 0 Å². The molecule has 0 unspecified atom stereocenters. The number of carbonyl (C=O) groups excluding carboxylic acids is 1. The number of thiocarbonyl (C=S) groups is 1.